The topological polar surface area (TPSA) is 66.4 Å². The van der Waals surface area contributed by atoms with E-state index in [0.717, 1.165) is 11.8 Å². The summed E-state index contributed by atoms with van der Waals surface area (Å²) in [5.41, 5.74) is -0.635. The van der Waals surface area contributed by atoms with Crippen molar-refractivity contribution in [3.8, 4) is 0 Å². The van der Waals surface area contributed by atoms with Crippen LogP contribution in [0.25, 0.3) is 0 Å². The van der Waals surface area contributed by atoms with Crippen molar-refractivity contribution in [1.82, 2.24) is 5.32 Å². The van der Waals surface area contributed by atoms with E-state index in [4.69, 9.17) is 5.11 Å². The van der Waals surface area contributed by atoms with Crippen molar-refractivity contribution in [3.63, 3.8) is 0 Å². The van der Waals surface area contributed by atoms with E-state index in [1.54, 1.807) is 0 Å². The summed E-state index contributed by atoms with van der Waals surface area (Å²) in [5.74, 6) is 1.48. The summed E-state index contributed by atoms with van der Waals surface area (Å²) in [6, 6.07) is 0. The number of hydrogen-bond donors (Lipinski definition) is 2. The summed E-state index contributed by atoms with van der Waals surface area (Å²) in [4.78, 5) is 22.9. The van der Waals surface area contributed by atoms with Crippen molar-refractivity contribution in [1.29, 1.82) is 0 Å². The Morgan fingerprint density at radius 3 is 2.50 bits per heavy atom. The molecule has 0 saturated heterocycles. The van der Waals surface area contributed by atoms with Crippen molar-refractivity contribution in [3.05, 3.63) is 0 Å². The quantitative estimate of drug-likeness (QED) is 0.783. The smallest absolute Gasteiger partial charge is 0.311 e. The van der Waals surface area contributed by atoms with Crippen LogP contribution in [-0.2, 0) is 9.59 Å². The zero-order valence-corrected chi connectivity index (χ0v) is 10.7. The van der Waals surface area contributed by atoms with Gasteiger partial charge >= 0.3 is 5.97 Å². The van der Waals surface area contributed by atoms with E-state index in [1.165, 1.54) is 25.7 Å². The summed E-state index contributed by atoms with van der Waals surface area (Å²) in [6.45, 7) is 0.321. The zero-order valence-electron chi connectivity index (χ0n) is 10.7. The third-order valence-electron chi connectivity index (χ3n) is 5.26. The second-order valence-corrected chi connectivity index (χ2v) is 6.50. The summed E-state index contributed by atoms with van der Waals surface area (Å²) >= 11 is 0. The van der Waals surface area contributed by atoms with E-state index in [2.05, 4.69) is 5.32 Å². The van der Waals surface area contributed by atoms with Crippen LogP contribution in [0.4, 0.5) is 0 Å². The molecule has 0 spiro atoms. The van der Waals surface area contributed by atoms with Crippen LogP contribution in [0.2, 0.25) is 0 Å². The lowest BCUT2D eigenvalue weighted by atomic mass is 9.86. The molecule has 3 unspecified atom stereocenters. The molecule has 0 aromatic carbocycles. The fraction of sp³-hybridized carbons (Fsp3) is 0.857. The Hall–Kier alpha value is -1.06. The number of carbonyl (C=O) groups is 2. The number of amides is 1. The number of carbonyl (C=O) groups excluding carboxylic acids is 1. The number of nitrogens with one attached hydrogen (secondary N) is 1. The molecule has 3 atom stereocenters. The van der Waals surface area contributed by atoms with Gasteiger partial charge < -0.3 is 10.4 Å². The second-order valence-electron chi connectivity index (χ2n) is 6.50. The van der Waals surface area contributed by atoms with Gasteiger partial charge in [0.25, 0.3) is 0 Å². The van der Waals surface area contributed by atoms with Crippen LogP contribution in [0.5, 0.6) is 0 Å². The number of hydrogen-bond acceptors (Lipinski definition) is 2. The highest BCUT2D eigenvalue weighted by Gasteiger charge is 2.50. The van der Waals surface area contributed by atoms with E-state index in [9.17, 15) is 9.59 Å². The van der Waals surface area contributed by atoms with Crippen molar-refractivity contribution >= 4 is 11.9 Å². The average molecular weight is 251 g/mol. The Morgan fingerprint density at radius 2 is 2.00 bits per heavy atom. The van der Waals surface area contributed by atoms with Crippen molar-refractivity contribution in [2.24, 2.45) is 23.2 Å². The van der Waals surface area contributed by atoms with E-state index >= 15 is 0 Å². The molecule has 3 aliphatic carbocycles. The van der Waals surface area contributed by atoms with Crippen LogP contribution >= 0.6 is 0 Å². The van der Waals surface area contributed by atoms with Gasteiger partial charge in [-0.05, 0) is 49.9 Å². The Labute approximate surface area is 107 Å². The largest absolute Gasteiger partial charge is 0.481 e. The molecule has 18 heavy (non-hydrogen) atoms. The average Bonchev–Trinajstić information content (AvgIpc) is 2.86. The fourth-order valence-corrected chi connectivity index (χ4v) is 3.82. The molecule has 0 heterocycles. The normalized spacial score (nSPS) is 35.4. The number of aliphatic carboxylic acids is 1. The van der Waals surface area contributed by atoms with Crippen molar-refractivity contribution < 1.29 is 14.7 Å². The zero-order chi connectivity index (χ0) is 12.8. The first-order valence-electron chi connectivity index (χ1n) is 7.09. The lowest BCUT2D eigenvalue weighted by Gasteiger charge is -2.21. The first-order valence-corrected chi connectivity index (χ1v) is 7.09. The van der Waals surface area contributed by atoms with Gasteiger partial charge in [0.05, 0.1) is 5.41 Å². The summed E-state index contributed by atoms with van der Waals surface area (Å²) < 4.78 is 0. The standard InChI is InChI=1S/C14H21NO3/c16-12(15-8-14(3-4-14)13(17)18)7-11-6-9-1-2-10(11)5-9/h9-11H,1-8H2,(H,15,16)(H,17,18). The lowest BCUT2D eigenvalue weighted by molar-refractivity contribution is -0.143. The predicted molar refractivity (Wildman–Crippen MR) is 65.9 cm³/mol. The molecule has 2 bridgehead atoms. The van der Waals surface area contributed by atoms with Gasteiger partial charge in [0.15, 0.2) is 0 Å². The van der Waals surface area contributed by atoms with E-state index in [1.807, 2.05) is 0 Å². The van der Waals surface area contributed by atoms with E-state index in [0.29, 0.717) is 31.7 Å². The number of carboxylic acid groups (broad SMARTS) is 1. The van der Waals surface area contributed by atoms with Gasteiger partial charge in [-0.2, -0.15) is 0 Å². The third kappa shape index (κ3) is 2.13. The van der Waals surface area contributed by atoms with Gasteiger partial charge in [-0.15, -0.1) is 0 Å². The van der Waals surface area contributed by atoms with Crippen LogP contribution in [0.3, 0.4) is 0 Å². The Balaban J connectivity index is 1.44. The lowest BCUT2D eigenvalue weighted by Crippen LogP contribution is -2.35. The van der Waals surface area contributed by atoms with Gasteiger partial charge in [0, 0.05) is 13.0 Å². The van der Waals surface area contributed by atoms with Crippen LogP contribution in [-0.4, -0.2) is 23.5 Å². The molecule has 0 aromatic rings. The molecule has 4 heteroatoms. The summed E-state index contributed by atoms with van der Waals surface area (Å²) in [5, 5.41) is 11.9. The molecule has 0 aromatic heterocycles. The minimum atomic E-state index is -0.761. The Kier molecular flexibility index (Phi) is 2.83. The van der Waals surface area contributed by atoms with E-state index < -0.39 is 11.4 Å². The molecule has 0 aliphatic heterocycles. The number of rotatable bonds is 5. The molecule has 3 aliphatic rings. The minimum absolute atomic E-state index is 0.0556. The molecule has 3 saturated carbocycles. The maximum atomic E-state index is 11.9. The number of carboxylic acids is 1. The SMILES string of the molecule is O=C(CC1CC2CCC1C2)NCC1(C(=O)O)CC1. The van der Waals surface area contributed by atoms with E-state index in [-0.39, 0.29) is 5.91 Å². The minimum Gasteiger partial charge on any atom is -0.481 e. The molecule has 2 N–H and O–H groups in total. The summed E-state index contributed by atoms with van der Waals surface area (Å²) in [6.07, 6.45) is 7.19. The van der Waals surface area contributed by atoms with Gasteiger partial charge in [0.2, 0.25) is 5.91 Å². The molecule has 1 amide bonds. The maximum absolute atomic E-state index is 11.9. The fourth-order valence-electron chi connectivity index (χ4n) is 3.82. The van der Waals surface area contributed by atoms with Crippen LogP contribution in [0.15, 0.2) is 0 Å². The molecule has 100 valence electrons. The van der Waals surface area contributed by atoms with Crippen molar-refractivity contribution in [2.75, 3.05) is 6.54 Å². The monoisotopic (exact) mass is 251 g/mol. The summed E-state index contributed by atoms with van der Waals surface area (Å²) in [7, 11) is 0. The highest BCUT2D eigenvalue weighted by Crippen LogP contribution is 2.49. The molecular formula is C14H21NO3. The second kappa shape index (κ2) is 4.25. The van der Waals surface area contributed by atoms with Gasteiger partial charge in [-0.25, -0.2) is 0 Å². The van der Waals surface area contributed by atoms with Gasteiger partial charge in [0.1, 0.15) is 0 Å². The van der Waals surface area contributed by atoms with Gasteiger partial charge in [-0.1, -0.05) is 6.42 Å². The highest BCUT2D eigenvalue weighted by molar-refractivity contribution is 5.81. The van der Waals surface area contributed by atoms with Crippen molar-refractivity contribution in [2.45, 2.75) is 44.9 Å². The van der Waals surface area contributed by atoms with Crippen LogP contribution < -0.4 is 5.32 Å². The molecule has 4 nitrogen and oxygen atoms in total. The number of fused-ring (bicyclic) bond motifs is 2. The molecular weight excluding hydrogens is 230 g/mol. The first-order chi connectivity index (χ1) is 8.59. The molecule has 3 rings (SSSR count). The molecule has 0 radical (unpaired) electrons. The van der Waals surface area contributed by atoms with Gasteiger partial charge in [-0.3, -0.25) is 9.59 Å². The third-order valence-corrected chi connectivity index (χ3v) is 5.26. The predicted octanol–water partition coefficient (Wildman–Crippen LogP) is 1.79. The Bertz CT molecular complexity index is 375. The molecule has 3 fully saturated rings. The first kappa shape index (κ1) is 12.0. The maximum Gasteiger partial charge on any atom is 0.311 e. The van der Waals surface area contributed by atoms with Crippen LogP contribution in [0, 0.1) is 23.2 Å². The highest BCUT2D eigenvalue weighted by atomic mass is 16.4. The van der Waals surface area contributed by atoms with Crippen LogP contribution in [0.1, 0.15) is 44.9 Å². The Morgan fingerprint density at radius 1 is 1.22 bits per heavy atom.